The van der Waals surface area contributed by atoms with E-state index >= 15 is 0 Å². The molecule has 20 heavy (non-hydrogen) atoms. The van der Waals surface area contributed by atoms with Crippen LogP contribution in [0.4, 0.5) is 5.69 Å². The summed E-state index contributed by atoms with van der Waals surface area (Å²) < 4.78 is 0. The molecule has 108 valence electrons. The molecular formula is C15H20N2O3. The summed E-state index contributed by atoms with van der Waals surface area (Å²) in [6.45, 7) is 2.21. The molecule has 0 saturated carbocycles. The summed E-state index contributed by atoms with van der Waals surface area (Å²) in [5.74, 6) is -0.839. The van der Waals surface area contributed by atoms with Gasteiger partial charge in [-0.25, -0.2) is 0 Å². The molecule has 5 heteroatoms. The highest BCUT2D eigenvalue weighted by Crippen LogP contribution is 2.31. The summed E-state index contributed by atoms with van der Waals surface area (Å²) in [5, 5.41) is 15.1. The molecule has 0 saturated heterocycles. The molecule has 0 radical (unpaired) electrons. The maximum Gasteiger partial charge on any atom is 0.228 e. The third kappa shape index (κ3) is 3.36. The minimum atomic E-state index is -0.531. The summed E-state index contributed by atoms with van der Waals surface area (Å²) >= 11 is 0. The highest BCUT2D eigenvalue weighted by Gasteiger charge is 2.30. The van der Waals surface area contributed by atoms with E-state index in [-0.39, 0.29) is 24.8 Å². The number of benzene rings is 1. The number of para-hydroxylation sites is 1. The molecule has 0 aromatic heterocycles. The zero-order chi connectivity index (χ0) is 14.5. The molecule has 2 atom stereocenters. The van der Waals surface area contributed by atoms with Gasteiger partial charge >= 0.3 is 0 Å². The number of rotatable bonds is 5. The standard InChI is InChI=1S/C15H20N2O3/c1-2-5-10(18)9-16-15(20)12-8-14(19)17-13-7-4-3-6-11(12)13/h3-4,6-7,10,12,18H,2,5,8-9H2,1H3,(H,16,20)(H,17,19). The number of nitrogens with one attached hydrogen (secondary N) is 2. The molecule has 1 aliphatic rings. The van der Waals surface area contributed by atoms with Crippen LogP contribution in [-0.2, 0) is 9.59 Å². The molecule has 5 nitrogen and oxygen atoms in total. The van der Waals surface area contributed by atoms with Gasteiger partial charge in [0, 0.05) is 18.7 Å². The quantitative estimate of drug-likeness (QED) is 0.760. The fraction of sp³-hybridized carbons (Fsp3) is 0.467. The maximum atomic E-state index is 12.2. The summed E-state index contributed by atoms with van der Waals surface area (Å²) in [6, 6.07) is 7.31. The molecule has 2 amide bonds. The van der Waals surface area contributed by atoms with Gasteiger partial charge in [0.15, 0.2) is 0 Å². The smallest absolute Gasteiger partial charge is 0.228 e. The van der Waals surface area contributed by atoms with E-state index in [4.69, 9.17) is 0 Å². The van der Waals surface area contributed by atoms with Crippen LogP contribution in [-0.4, -0.2) is 29.6 Å². The van der Waals surface area contributed by atoms with Gasteiger partial charge in [-0.3, -0.25) is 9.59 Å². The van der Waals surface area contributed by atoms with Crippen LogP contribution in [0.2, 0.25) is 0 Å². The Morgan fingerprint density at radius 1 is 1.50 bits per heavy atom. The number of amides is 2. The van der Waals surface area contributed by atoms with Crippen molar-refractivity contribution in [2.45, 2.75) is 38.2 Å². The Kier molecular flexibility index (Phi) is 4.74. The number of hydrogen-bond donors (Lipinski definition) is 3. The minimum absolute atomic E-state index is 0.146. The molecule has 2 unspecified atom stereocenters. The van der Waals surface area contributed by atoms with Crippen molar-refractivity contribution in [3.05, 3.63) is 29.8 Å². The third-order valence-corrected chi connectivity index (χ3v) is 3.45. The van der Waals surface area contributed by atoms with Gasteiger partial charge in [0.25, 0.3) is 0 Å². The Morgan fingerprint density at radius 2 is 2.25 bits per heavy atom. The lowest BCUT2D eigenvalue weighted by Crippen LogP contribution is -2.38. The summed E-state index contributed by atoms with van der Waals surface area (Å²) in [4.78, 5) is 23.9. The van der Waals surface area contributed by atoms with Crippen LogP contribution in [0.1, 0.15) is 37.7 Å². The molecular weight excluding hydrogens is 256 g/mol. The van der Waals surface area contributed by atoms with Crippen molar-refractivity contribution in [3.63, 3.8) is 0 Å². The van der Waals surface area contributed by atoms with Crippen molar-refractivity contribution in [2.24, 2.45) is 0 Å². The Morgan fingerprint density at radius 3 is 3.00 bits per heavy atom. The molecule has 1 aromatic carbocycles. The predicted molar refractivity (Wildman–Crippen MR) is 76.4 cm³/mol. The van der Waals surface area contributed by atoms with Crippen molar-refractivity contribution in [1.29, 1.82) is 0 Å². The summed E-state index contributed by atoms with van der Waals surface area (Å²) in [5.41, 5.74) is 1.52. The summed E-state index contributed by atoms with van der Waals surface area (Å²) in [7, 11) is 0. The lowest BCUT2D eigenvalue weighted by molar-refractivity contribution is -0.126. The van der Waals surface area contributed by atoms with Crippen LogP contribution in [0.15, 0.2) is 24.3 Å². The van der Waals surface area contributed by atoms with E-state index in [1.165, 1.54) is 0 Å². The second kappa shape index (κ2) is 6.52. The van der Waals surface area contributed by atoms with Gasteiger partial charge in [0.2, 0.25) is 11.8 Å². The van der Waals surface area contributed by atoms with E-state index in [9.17, 15) is 14.7 Å². The van der Waals surface area contributed by atoms with Gasteiger partial charge in [0.05, 0.1) is 12.0 Å². The molecule has 1 heterocycles. The first-order chi connectivity index (χ1) is 9.61. The van der Waals surface area contributed by atoms with Gasteiger partial charge in [-0.1, -0.05) is 31.5 Å². The monoisotopic (exact) mass is 276 g/mol. The number of carbonyl (C=O) groups is 2. The predicted octanol–water partition coefficient (Wildman–Crippen LogP) is 1.39. The Labute approximate surface area is 118 Å². The molecule has 0 bridgehead atoms. The first-order valence-corrected chi connectivity index (χ1v) is 6.96. The van der Waals surface area contributed by atoms with Crippen molar-refractivity contribution >= 4 is 17.5 Å². The van der Waals surface area contributed by atoms with Crippen LogP contribution in [0.3, 0.4) is 0 Å². The SMILES string of the molecule is CCCC(O)CNC(=O)C1CC(=O)Nc2ccccc21. The van der Waals surface area contributed by atoms with E-state index in [0.29, 0.717) is 12.1 Å². The fourth-order valence-corrected chi connectivity index (χ4v) is 2.42. The van der Waals surface area contributed by atoms with Gasteiger partial charge < -0.3 is 15.7 Å². The summed E-state index contributed by atoms with van der Waals surface area (Å²) in [6.07, 6.45) is 1.14. The van der Waals surface area contributed by atoms with Gasteiger partial charge in [-0.15, -0.1) is 0 Å². The second-order valence-electron chi connectivity index (χ2n) is 5.08. The zero-order valence-corrected chi connectivity index (χ0v) is 11.6. The van der Waals surface area contributed by atoms with Gasteiger partial charge in [-0.2, -0.15) is 0 Å². The molecule has 0 fully saturated rings. The molecule has 1 aromatic rings. The van der Waals surface area contributed by atoms with Gasteiger partial charge in [-0.05, 0) is 18.1 Å². The van der Waals surface area contributed by atoms with E-state index in [0.717, 1.165) is 12.0 Å². The highest BCUT2D eigenvalue weighted by atomic mass is 16.3. The van der Waals surface area contributed by atoms with Crippen LogP contribution in [0.5, 0.6) is 0 Å². The molecule has 0 spiro atoms. The maximum absolute atomic E-state index is 12.2. The zero-order valence-electron chi connectivity index (χ0n) is 11.6. The van der Waals surface area contributed by atoms with Crippen LogP contribution in [0.25, 0.3) is 0 Å². The normalized spacial score (nSPS) is 18.9. The molecule has 0 aliphatic carbocycles. The highest BCUT2D eigenvalue weighted by molar-refractivity contribution is 6.01. The molecule has 1 aliphatic heterocycles. The Balaban J connectivity index is 2.05. The van der Waals surface area contributed by atoms with E-state index in [1.54, 1.807) is 6.07 Å². The number of anilines is 1. The van der Waals surface area contributed by atoms with E-state index in [1.807, 2.05) is 25.1 Å². The number of fused-ring (bicyclic) bond motifs is 1. The fourth-order valence-electron chi connectivity index (χ4n) is 2.42. The first-order valence-electron chi connectivity index (χ1n) is 6.96. The lowest BCUT2D eigenvalue weighted by atomic mass is 9.90. The second-order valence-corrected chi connectivity index (χ2v) is 5.08. The number of aliphatic hydroxyl groups is 1. The average molecular weight is 276 g/mol. The number of carbonyl (C=O) groups excluding carboxylic acids is 2. The number of aliphatic hydroxyl groups excluding tert-OH is 1. The van der Waals surface area contributed by atoms with Crippen molar-refractivity contribution < 1.29 is 14.7 Å². The topological polar surface area (TPSA) is 78.4 Å². The minimum Gasteiger partial charge on any atom is -0.391 e. The third-order valence-electron chi connectivity index (χ3n) is 3.45. The van der Waals surface area contributed by atoms with Crippen LogP contribution < -0.4 is 10.6 Å². The lowest BCUT2D eigenvalue weighted by Gasteiger charge is -2.25. The van der Waals surface area contributed by atoms with Crippen molar-refractivity contribution in [3.8, 4) is 0 Å². The molecule has 2 rings (SSSR count). The average Bonchev–Trinajstić information content (AvgIpc) is 2.44. The van der Waals surface area contributed by atoms with E-state index in [2.05, 4.69) is 10.6 Å². The van der Waals surface area contributed by atoms with Crippen molar-refractivity contribution in [1.82, 2.24) is 5.32 Å². The van der Waals surface area contributed by atoms with Gasteiger partial charge in [0.1, 0.15) is 0 Å². The molecule has 3 N–H and O–H groups in total. The van der Waals surface area contributed by atoms with Crippen LogP contribution in [0, 0.1) is 0 Å². The van der Waals surface area contributed by atoms with Crippen LogP contribution >= 0.6 is 0 Å². The Bertz CT molecular complexity index is 502. The van der Waals surface area contributed by atoms with E-state index < -0.39 is 12.0 Å². The van der Waals surface area contributed by atoms with Crippen molar-refractivity contribution in [2.75, 3.05) is 11.9 Å². The first kappa shape index (κ1) is 14.5. The Hall–Kier alpha value is -1.88. The number of hydrogen-bond acceptors (Lipinski definition) is 3. The largest absolute Gasteiger partial charge is 0.391 e.